The molecule has 1 aliphatic heterocycles. The highest BCUT2D eigenvalue weighted by Gasteiger charge is 2.67. The molecule has 1 fully saturated rings. The van der Waals surface area contributed by atoms with E-state index in [1.54, 1.807) is 26.1 Å². The molecule has 2 heterocycles. The second-order valence-electron chi connectivity index (χ2n) is 7.38. The van der Waals surface area contributed by atoms with E-state index in [9.17, 15) is 13.4 Å². The highest BCUT2D eigenvalue weighted by molar-refractivity contribution is 8.00. The van der Waals surface area contributed by atoms with Gasteiger partial charge in [0.15, 0.2) is 5.78 Å². The zero-order chi connectivity index (χ0) is 20.3. The Hall–Kier alpha value is -2.33. The average molecular weight is 422 g/mol. The molecule has 0 amide bonds. The molecule has 148 valence electrons. The van der Waals surface area contributed by atoms with Gasteiger partial charge in [-0.3, -0.25) is 9.10 Å². The van der Waals surface area contributed by atoms with E-state index in [4.69, 9.17) is 5.73 Å². The monoisotopic (exact) mass is 421 g/mol. The van der Waals surface area contributed by atoms with Crippen molar-refractivity contribution >= 4 is 39.0 Å². The van der Waals surface area contributed by atoms with Crippen LogP contribution < -0.4 is 5.73 Å². The molecule has 1 aliphatic carbocycles. The third-order valence-corrected chi connectivity index (χ3v) is 9.45. The van der Waals surface area contributed by atoms with Crippen LogP contribution in [0.15, 0.2) is 29.4 Å². The lowest BCUT2D eigenvalue weighted by atomic mass is 9.85. The summed E-state index contributed by atoms with van der Waals surface area (Å²) in [4.78, 5) is 16.9. The predicted octanol–water partition coefficient (Wildman–Crippen LogP) is 1.74. The Kier molecular flexibility index (Phi) is 4.13. The van der Waals surface area contributed by atoms with Gasteiger partial charge in [0, 0.05) is 19.0 Å². The minimum atomic E-state index is -2.79. The number of Topliss-reactive ketones (excluding diaryl/α,β-unsaturated/α-hetero) is 1. The van der Waals surface area contributed by atoms with Gasteiger partial charge in [0.25, 0.3) is 0 Å². The molecule has 0 radical (unpaired) electrons. The topological polar surface area (TPSA) is 102 Å². The zero-order valence-corrected chi connectivity index (χ0v) is 17.1. The molecule has 2 aromatic rings. The number of hydrogen-bond donors (Lipinski definition) is 1. The van der Waals surface area contributed by atoms with Crippen molar-refractivity contribution in [2.75, 3.05) is 7.05 Å². The molecule has 2 N–H and O–H groups in total. The zero-order valence-electron chi connectivity index (χ0n) is 15.5. The lowest BCUT2D eigenvalue weighted by Crippen LogP contribution is -2.58. The van der Waals surface area contributed by atoms with Gasteiger partial charge >= 0.3 is 0 Å². The highest BCUT2D eigenvalue weighted by atomic mass is 32.2. The Labute approximate surface area is 166 Å². The summed E-state index contributed by atoms with van der Waals surface area (Å²) >= 11 is 0.958. The highest BCUT2D eigenvalue weighted by Crippen LogP contribution is 2.60. The molecular weight excluding hydrogens is 401 g/mol. The summed E-state index contributed by atoms with van der Waals surface area (Å²) in [6.45, 7) is 1.75. The number of nitrogens with two attached hydrogens (primary N) is 1. The minimum Gasteiger partial charge on any atom is -0.369 e. The third kappa shape index (κ3) is 2.51. The number of aromatic nitrogens is 2. The van der Waals surface area contributed by atoms with E-state index < -0.39 is 25.8 Å². The molecule has 1 spiro atoms. The van der Waals surface area contributed by atoms with Crippen LogP contribution in [-0.4, -0.2) is 46.7 Å². The molecule has 0 saturated heterocycles. The maximum Gasteiger partial charge on any atom is 0.203 e. The molecule has 0 bridgehead atoms. The Morgan fingerprint density at radius 1 is 1.46 bits per heavy atom. The molecule has 1 aromatic carbocycles. The van der Waals surface area contributed by atoms with E-state index in [2.05, 4.69) is 19.6 Å². The molecule has 2 aliphatic rings. The average Bonchev–Trinajstić information content (AvgIpc) is 3.30. The Bertz CT molecular complexity index is 1090. The number of benzene rings is 1. The lowest BCUT2D eigenvalue weighted by Gasteiger charge is -2.45. The summed E-state index contributed by atoms with van der Waals surface area (Å²) in [5.41, 5.74) is 6.06. The quantitative estimate of drug-likeness (QED) is 0.599. The molecule has 1 saturated carbocycles. The number of carbonyl (C=O) groups excluding carboxylic acids is 1. The summed E-state index contributed by atoms with van der Waals surface area (Å²) in [6.07, 6.45) is 2.69. The smallest absolute Gasteiger partial charge is 0.203 e. The summed E-state index contributed by atoms with van der Waals surface area (Å²) < 4.78 is 36.7. The number of guanidine groups is 1. The van der Waals surface area contributed by atoms with Crippen LogP contribution in [0.4, 0.5) is 4.39 Å². The molecule has 28 heavy (non-hydrogen) atoms. The van der Waals surface area contributed by atoms with Crippen LogP contribution in [0.25, 0.3) is 0 Å². The minimum absolute atomic E-state index is 0.0562. The van der Waals surface area contributed by atoms with E-state index >= 15 is 0 Å². The lowest BCUT2D eigenvalue weighted by molar-refractivity contribution is 0.0989. The van der Waals surface area contributed by atoms with Crippen LogP contribution in [0.1, 0.15) is 41.4 Å². The van der Waals surface area contributed by atoms with Gasteiger partial charge in [0.1, 0.15) is 17.1 Å². The number of hydrogen-bond acceptors (Lipinski definition) is 7. The molecule has 2 atom stereocenters. The van der Waals surface area contributed by atoms with Crippen molar-refractivity contribution in [3.05, 3.63) is 47.0 Å². The van der Waals surface area contributed by atoms with E-state index in [0.717, 1.165) is 11.7 Å². The van der Waals surface area contributed by atoms with E-state index in [0.29, 0.717) is 18.4 Å². The first-order valence-corrected chi connectivity index (χ1v) is 11.1. The van der Waals surface area contributed by atoms with Crippen molar-refractivity contribution in [1.29, 1.82) is 0 Å². The van der Waals surface area contributed by atoms with Crippen molar-refractivity contribution in [1.82, 2.24) is 13.1 Å². The van der Waals surface area contributed by atoms with E-state index in [1.807, 2.05) is 0 Å². The summed E-state index contributed by atoms with van der Waals surface area (Å²) in [5.74, 6) is 3.32. The van der Waals surface area contributed by atoms with Crippen LogP contribution in [0.3, 0.4) is 0 Å². The van der Waals surface area contributed by atoms with Gasteiger partial charge < -0.3 is 5.73 Å². The predicted molar refractivity (Wildman–Crippen MR) is 108 cm³/mol. The summed E-state index contributed by atoms with van der Waals surface area (Å²) in [7, 11) is -1.20. The fourth-order valence-corrected chi connectivity index (χ4v) is 6.78. The Balaban J connectivity index is 1.80. The maximum absolute atomic E-state index is 14.9. The summed E-state index contributed by atoms with van der Waals surface area (Å²) in [6, 6.07) is 4.49. The summed E-state index contributed by atoms with van der Waals surface area (Å²) in [5, 5.41) is 0. The van der Waals surface area contributed by atoms with E-state index in [-0.39, 0.29) is 29.4 Å². The number of aliphatic imine (C=N–C) groups is 1. The van der Waals surface area contributed by atoms with Crippen LogP contribution in [0.5, 0.6) is 0 Å². The standard InChI is InChI=1S/C18H20FN5O2S2/c1-17(18(6-7-18)28(3,26)24(2)16(20)22-17)12-8-11(4-5-13(12)19)9-15(25)14-10-21-27-23-14/h4-5,8,10H,3,6-7,9H2,1-2H3,(H2,20,22)/t17-,28?/m1/s1. The van der Waals surface area contributed by atoms with Gasteiger partial charge in [-0.25, -0.2) is 13.6 Å². The van der Waals surface area contributed by atoms with Crippen molar-refractivity contribution in [2.24, 2.45) is 10.7 Å². The second-order valence-corrected chi connectivity index (χ2v) is 10.5. The number of carbonyl (C=O) groups is 1. The van der Waals surface area contributed by atoms with Crippen molar-refractivity contribution in [3.8, 4) is 0 Å². The van der Waals surface area contributed by atoms with Gasteiger partial charge in [-0.2, -0.15) is 8.75 Å². The molecule has 10 heteroatoms. The molecule has 1 unspecified atom stereocenters. The van der Waals surface area contributed by atoms with Crippen LogP contribution in [-0.2, 0) is 21.7 Å². The van der Waals surface area contributed by atoms with Crippen molar-refractivity contribution < 1.29 is 13.4 Å². The second kappa shape index (κ2) is 6.08. The SMILES string of the molecule is C=S1(=O)N(C)C(N)=N[C@](C)(c2cc(CC(=O)c3cnsn3)ccc2F)C12CC2. The Morgan fingerprint density at radius 2 is 2.18 bits per heavy atom. The first-order valence-electron chi connectivity index (χ1n) is 8.68. The first kappa shape index (κ1) is 19.0. The van der Waals surface area contributed by atoms with Crippen LogP contribution in [0.2, 0.25) is 0 Å². The fourth-order valence-electron chi connectivity index (χ4n) is 3.97. The van der Waals surface area contributed by atoms with Gasteiger partial charge in [0.2, 0.25) is 5.96 Å². The van der Waals surface area contributed by atoms with Crippen LogP contribution >= 0.6 is 11.7 Å². The van der Waals surface area contributed by atoms with Gasteiger partial charge in [-0.1, -0.05) is 6.07 Å². The molecular formula is C18H20FN5O2S2. The molecule has 1 aromatic heterocycles. The van der Waals surface area contributed by atoms with Crippen molar-refractivity contribution in [2.45, 2.75) is 36.5 Å². The normalized spacial score (nSPS) is 28.2. The van der Waals surface area contributed by atoms with Gasteiger partial charge in [0.05, 0.1) is 32.4 Å². The Morgan fingerprint density at radius 3 is 2.79 bits per heavy atom. The number of ketones is 1. The first-order chi connectivity index (χ1) is 13.1. The molecule has 4 rings (SSSR count). The number of halogens is 1. The largest absolute Gasteiger partial charge is 0.369 e. The van der Waals surface area contributed by atoms with E-state index in [1.165, 1.54) is 16.6 Å². The van der Waals surface area contributed by atoms with Gasteiger partial charge in [-0.05, 0) is 43.3 Å². The third-order valence-electron chi connectivity index (χ3n) is 5.87. The van der Waals surface area contributed by atoms with Crippen molar-refractivity contribution in [3.63, 3.8) is 0 Å². The fraction of sp³-hybridized carbons (Fsp3) is 0.389. The maximum atomic E-state index is 14.9. The number of rotatable bonds is 4. The van der Waals surface area contributed by atoms with Gasteiger partial charge in [-0.15, -0.1) is 0 Å². The molecule has 7 nitrogen and oxygen atoms in total. The number of nitrogens with zero attached hydrogens (tertiary/aromatic N) is 4. The van der Waals surface area contributed by atoms with Crippen LogP contribution in [0, 0.1) is 5.82 Å².